The van der Waals surface area contributed by atoms with Gasteiger partial charge in [0.05, 0.1) is 6.42 Å². The fourth-order valence-electron chi connectivity index (χ4n) is 3.81. The Morgan fingerprint density at radius 3 is 2.29 bits per heavy atom. The highest BCUT2D eigenvalue weighted by Gasteiger charge is 2.37. The number of carboxylic acids is 1. The van der Waals surface area contributed by atoms with Crippen molar-refractivity contribution in [3.05, 3.63) is 0 Å². The summed E-state index contributed by atoms with van der Waals surface area (Å²) in [5, 5.41) is 8.96. The van der Waals surface area contributed by atoms with E-state index in [1.807, 2.05) is 4.90 Å². The lowest BCUT2D eigenvalue weighted by atomic mass is 9.74. The Labute approximate surface area is 127 Å². The van der Waals surface area contributed by atoms with Gasteiger partial charge in [0.2, 0.25) is 0 Å². The van der Waals surface area contributed by atoms with Gasteiger partial charge in [-0.3, -0.25) is 4.79 Å². The van der Waals surface area contributed by atoms with Crippen molar-refractivity contribution in [3.63, 3.8) is 0 Å². The third-order valence-electron chi connectivity index (χ3n) is 5.63. The van der Waals surface area contributed by atoms with Gasteiger partial charge < -0.3 is 14.9 Å². The van der Waals surface area contributed by atoms with E-state index in [9.17, 15) is 9.59 Å². The Morgan fingerprint density at radius 1 is 1.14 bits per heavy atom. The average Bonchev–Trinajstić information content (AvgIpc) is 2.94. The molecule has 0 aromatic carbocycles. The summed E-state index contributed by atoms with van der Waals surface area (Å²) in [6.07, 6.45) is 6.32. The van der Waals surface area contributed by atoms with Crippen LogP contribution in [0.2, 0.25) is 0 Å². The van der Waals surface area contributed by atoms with Gasteiger partial charge in [-0.25, -0.2) is 4.79 Å². The molecule has 0 aromatic rings. The van der Waals surface area contributed by atoms with E-state index >= 15 is 0 Å². The van der Waals surface area contributed by atoms with Crippen molar-refractivity contribution >= 4 is 12.0 Å². The summed E-state index contributed by atoms with van der Waals surface area (Å²) < 4.78 is 0. The Kier molecular flexibility index (Phi) is 5.12. The number of carboxylic acid groups (broad SMARTS) is 1. The summed E-state index contributed by atoms with van der Waals surface area (Å²) in [5.41, 5.74) is 0.405. The molecule has 0 aliphatic carbocycles. The van der Waals surface area contributed by atoms with E-state index in [2.05, 4.69) is 13.8 Å². The van der Waals surface area contributed by atoms with Gasteiger partial charge in [0.25, 0.3) is 0 Å². The molecule has 2 aliphatic heterocycles. The summed E-state index contributed by atoms with van der Waals surface area (Å²) in [6, 6.07) is -0.0569. The van der Waals surface area contributed by atoms with Crippen LogP contribution in [0.5, 0.6) is 0 Å². The van der Waals surface area contributed by atoms with Crippen LogP contribution in [0.15, 0.2) is 0 Å². The second-order valence-electron chi connectivity index (χ2n) is 6.56. The van der Waals surface area contributed by atoms with E-state index in [1.54, 1.807) is 4.90 Å². The van der Waals surface area contributed by atoms with E-state index in [1.165, 1.54) is 12.8 Å². The third-order valence-corrected chi connectivity index (χ3v) is 5.63. The van der Waals surface area contributed by atoms with Gasteiger partial charge in [-0.1, -0.05) is 26.7 Å². The van der Waals surface area contributed by atoms with Crippen molar-refractivity contribution in [2.24, 2.45) is 5.41 Å². The number of piperidine rings is 1. The monoisotopic (exact) mass is 296 g/mol. The SMILES string of the molecule is CCC1(CC)CCN(C(=O)N2CCCC2CC(=O)O)CC1. The predicted octanol–water partition coefficient (Wildman–Crippen LogP) is 2.95. The molecule has 2 saturated heterocycles. The molecule has 2 heterocycles. The number of aliphatic carboxylic acids is 1. The maximum atomic E-state index is 12.6. The van der Waals surface area contributed by atoms with Crippen LogP contribution in [-0.4, -0.2) is 52.6 Å². The molecule has 5 heteroatoms. The molecular weight excluding hydrogens is 268 g/mol. The molecule has 0 saturated carbocycles. The number of carbonyl (C=O) groups is 2. The minimum absolute atomic E-state index is 0.0551. The first-order valence-electron chi connectivity index (χ1n) is 8.28. The normalized spacial score (nSPS) is 25.1. The molecule has 2 rings (SSSR count). The van der Waals surface area contributed by atoms with Crippen LogP contribution in [0.4, 0.5) is 4.79 Å². The number of hydrogen-bond donors (Lipinski definition) is 1. The first kappa shape index (κ1) is 16.1. The number of amides is 2. The lowest BCUT2D eigenvalue weighted by Crippen LogP contribution is -2.50. The predicted molar refractivity (Wildman–Crippen MR) is 81.2 cm³/mol. The maximum Gasteiger partial charge on any atom is 0.320 e. The quantitative estimate of drug-likeness (QED) is 0.867. The molecule has 2 amide bonds. The molecule has 1 unspecified atom stereocenters. The largest absolute Gasteiger partial charge is 0.481 e. The minimum atomic E-state index is -0.811. The lowest BCUT2D eigenvalue weighted by Gasteiger charge is -2.42. The molecule has 2 aliphatic rings. The van der Waals surface area contributed by atoms with E-state index in [0.717, 1.165) is 38.8 Å². The van der Waals surface area contributed by atoms with Crippen LogP contribution in [0.25, 0.3) is 0 Å². The Hall–Kier alpha value is -1.26. The van der Waals surface area contributed by atoms with Gasteiger partial charge in [0.15, 0.2) is 0 Å². The summed E-state index contributed by atoms with van der Waals surface area (Å²) in [7, 11) is 0. The molecule has 2 fully saturated rings. The Bertz CT molecular complexity index is 383. The minimum Gasteiger partial charge on any atom is -0.481 e. The zero-order chi connectivity index (χ0) is 15.5. The molecule has 0 aromatic heterocycles. The number of nitrogens with zero attached hydrogens (tertiary/aromatic N) is 2. The zero-order valence-electron chi connectivity index (χ0n) is 13.3. The molecule has 0 spiro atoms. The Balaban J connectivity index is 1.93. The third kappa shape index (κ3) is 3.50. The van der Waals surface area contributed by atoms with Crippen molar-refractivity contribution in [2.75, 3.05) is 19.6 Å². The molecule has 120 valence electrons. The second-order valence-corrected chi connectivity index (χ2v) is 6.56. The lowest BCUT2D eigenvalue weighted by molar-refractivity contribution is -0.138. The van der Waals surface area contributed by atoms with Crippen LogP contribution in [0.3, 0.4) is 0 Å². The first-order valence-corrected chi connectivity index (χ1v) is 8.28. The molecule has 0 bridgehead atoms. The fraction of sp³-hybridized carbons (Fsp3) is 0.875. The Morgan fingerprint density at radius 2 is 1.76 bits per heavy atom. The number of hydrogen-bond acceptors (Lipinski definition) is 2. The molecular formula is C16H28N2O3. The first-order chi connectivity index (χ1) is 10.0. The summed E-state index contributed by atoms with van der Waals surface area (Å²) in [4.78, 5) is 27.3. The number of likely N-dealkylation sites (tertiary alicyclic amines) is 2. The fourth-order valence-corrected chi connectivity index (χ4v) is 3.81. The van der Waals surface area contributed by atoms with Crippen molar-refractivity contribution in [1.29, 1.82) is 0 Å². The topological polar surface area (TPSA) is 60.9 Å². The van der Waals surface area contributed by atoms with Gasteiger partial charge in [-0.15, -0.1) is 0 Å². The van der Waals surface area contributed by atoms with Gasteiger partial charge in [-0.05, 0) is 31.1 Å². The van der Waals surface area contributed by atoms with Crippen molar-refractivity contribution in [2.45, 2.75) is 64.8 Å². The molecule has 1 atom stereocenters. The number of urea groups is 1. The highest BCUT2D eigenvalue weighted by molar-refractivity contribution is 5.76. The number of rotatable bonds is 4. The summed E-state index contributed by atoms with van der Waals surface area (Å²) in [6.45, 7) is 6.82. The van der Waals surface area contributed by atoms with Crippen LogP contribution in [0.1, 0.15) is 58.8 Å². The van der Waals surface area contributed by atoms with Crippen LogP contribution in [0, 0.1) is 5.41 Å². The van der Waals surface area contributed by atoms with E-state index in [0.29, 0.717) is 12.0 Å². The van der Waals surface area contributed by atoms with E-state index in [-0.39, 0.29) is 18.5 Å². The van der Waals surface area contributed by atoms with Crippen molar-refractivity contribution in [3.8, 4) is 0 Å². The van der Waals surface area contributed by atoms with Gasteiger partial charge in [0, 0.05) is 25.7 Å². The molecule has 5 nitrogen and oxygen atoms in total. The summed E-state index contributed by atoms with van der Waals surface area (Å²) in [5.74, 6) is -0.811. The number of carbonyl (C=O) groups excluding carboxylic acids is 1. The van der Waals surface area contributed by atoms with E-state index in [4.69, 9.17) is 5.11 Å². The van der Waals surface area contributed by atoms with E-state index < -0.39 is 5.97 Å². The molecule has 21 heavy (non-hydrogen) atoms. The zero-order valence-corrected chi connectivity index (χ0v) is 13.3. The van der Waals surface area contributed by atoms with Gasteiger partial charge in [-0.2, -0.15) is 0 Å². The average molecular weight is 296 g/mol. The summed E-state index contributed by atoms with van der Waals surface area (Å²) >= 11 is 0. The maximum absolute atomic E-state index is 12.6. The highest BCUT2D eigenvalue weighted by Crippen LogP contribution is 2.38. The molecule has 0 radical (unpaired) electrons. The standard InChI is InChI=1S/C16H28N2O3/c1-3-16(4-2)7-10-17(11-8-16)15(21)18-9-5-6-13(18)12-14(19)20/h13H,3-12H2,1-2H3,(H,19,20). The second kappa shape index (κ2) is 6.67. The van der Waals surface area contributed by atoms with Gasteiger partial charge in [0.1, 0.15) is 0 Å². The van der Waals surface area contributed by atoms with Crippen LogP contribution < -0.4 is 0 Å². The van der Waals surface area contributed by atoms with Crippen molar-refractivity contribution in [1.82, 2.24) is 9.80 Å². The van der Waals surface area contributed by atoms with Crippen molar-refractivity contribution < 1.29 is 14.7 Å². The molecule has 1 N–H and O–H groups in total. The highest BCUT2D eigenvalue weighted by atomic mass is 16.4. The van der Waals surface area contributed by atoms with Gasteiger partial charge >= 0.3 is 12.0 Å². The van der Waals surface area contributed by atoms with Crippen LogP contribution >= 0.6 is 0 Å². The van der Waals surface area contributed by atoms with Crippen LogP contribution in [-0.2, 0) is 4.79 Å². The smallest absolute Gasteiger partial charge is 0.320 e.